The largest absolute Gasteiger partial charge is 0.322 e. The van der Waals surface area contributed by atoms with Crippen molar-refractivity contribution >= 4 is 21.6 Å². The van der Waals surface area contributed by atoms with Crippen LogP contribution in [0, 0.1) is 12.7 Å². The van der Waals surface area contributed by atoms with E-state index < -0.39 is 21.7 Å². The predicted molar refractivity (Wildman–Crippen MR) is 74.7 cm³/mol. The van der Waals surface area contributed by atoms with Gasteiger partial charge in [0.1, 0.15) is 5.82 Å². The first-order chi connectivity index (χ1) is 9.77. The predicted octanol–water partition coefficient (Wildman–Crippen LogP) is 1.43. The van der Waals surface area contributed by atoms with Crippen molar-refractivity contribution in [1.29, 1.82) is 0 Å². The lowest BCUT2D eigenvalue weighted by Gasteiger charge is -2.09. The van der Waals surface area contributed by atoms with Crippen LogP contribution >= 0.6 is 0 Å². The number of nitrogens with one attached hydrogen (secondary N) is 1. The van der Waals surface area contributed by atoms with Crippen molar-refractivity contribution < 1.29 is 17.6 Å². The van der Waals surface area contributed by atoms with Gasteiger partial charge in [-0.3, -0.25) is 9.78 Å². The van der Waals surface area contributed by atoms with Crippen molar-refractivity contribution in [3.8, 4) is 0 Å². The SMILES string of the molecule is Cc1cc(S(N)(=O)=O)ccc1NC(=O)c1cncc(F)c1. The number of pyridine rings is 1. The molecule has 0 aliphatic carbocycles. The van der Waals surface area contributed by atoms with E-state index in [0.717, 1.165) is 12.3 Å². The van der Waals surface area contributed by atoms with Crippen LogP contribution in [-0.2, 0) is 10.0 Å². The molecule has 0 unspecified atom stereocenters. The van der Waals surface area contributed by atoms with Crippen molar-refractivity contribution in [2.24, 2.45) is 5.14 Å². The summed E-state index contributed by atoms with van der Waals surface area (Å²) in [7, 11) is -3.80. The molecule has 0 aliphatic heterocycles. The molecule has 21 heavy (non-hydrogen) atoms. The number of rotatable bonds is 3. The van der Waals surface area contributed by atoms with Gasteiger partial charge >= 0.3 is 0 Å². The number of amides is 1. The third-order valence-electron chi connectivity index (χ3n) is 2.74. The van der Waals surface area contributed by atoms with Crippen LogP contribution in [0.2, 0.25) is 0 Å². The summed E-state index contributed by atoms with van der Waals surface area (Å²) < 4.78 is 35.4. The second kappa shape index (κ2) is 5.58. The molecule has 0 fully saturated rings. The van der Waals surface area contributed by atoms with Gasteiger partial charge in [-0.05, 0) is 36.8 Å². The summed E-state index contributed by atoms with van der Waals surface area (Å²) in [5, 5.41) is 7.57. The second-order valence-electron chi connectivity index (χ2n) is 4.37. The Morgan fingerprint density at radius 1 is 1.29 bits per heavy atom. The van der Waals surface area contributed by atoms with Crippen molar-refractivity contribution in [2.75, 3.05) is 5.32 Å². The number of halogens is 1. The highest BCUT2D eigenvalue weighted by Crippen LogP contribution is 2.19. The standard InChI is InChI=1S/C13H12FN3O3S/c1-8-4-11(21(15,19)20)2-3-12(8)17-13(18)9-5-10(14)7-16-6-9/h2-7H,1H3,(H,17,18)(H2,15,19,20). The minimum absolute atomic E-state index is 0.0505. The van der Waals surface area contributed by atoms with Gasteiger partial charge < -0.3 is 5.32 Å². The van der Waals surface area contributed by atoms with Crippen molar-refractivity contribution in [1.82, 2.24) is 4.98 Å². The molecule has 0 radical (unpaired) electrons. The third kappa shape index (κ3) is 3.61. The van der Waals surface area contributed by atoms with Crippen molar-refractivity contribution in [2.45, 2.75) is 11.8 Å². The molecule has 8 heteroatoms. The Kier molecular flexibility index (Phi) is 4.01. The lowest BCUT2D eigenvalue weighted by atomic mass is 10.2. The van der Waals surface area contributed by atoms with E-state index in [4.69, 9.17) is 5.14 Å². The molecule has 110 valence electrons. The van der Waals surface area contributed by atoms with Crippen LogP contribution in [0.3, 0.4) is 0 Å². The van der Waals surface area contributed by atoms with E-state index in [1.54, 1.807) is 6.92 Å². The van der Waals surface area contributed by atoms with E-state index >= 15 is 0 Å². The van der Waals surface area contributed by atoms with Gasteiger partial charge in [0.25, 0.3) is 5.91 Å². The molecule has 0 aliphatic rings. The van der Waals surface area contributed by atoms with E-state index in [1.807, 2.05) is 0 Å². The minimum atomic E-state index is -3.80. The molecular weight excluding hydrogens is 297 g/mol. The number of primary sulfonamides is 1. The lowest BCUT2D eigenvalue weighted by molar-refractivity contribution is 0.102. The minimum Gasteiger partial charge on any atom is -0.322 e. The number of carbonyl (C=O) groups excluding carboxylic acids is 1. The van der Waals surface area contributed by atoms with E-state index in [2.05, 4.69) is 10.3 Å². The summed E-state index contributed by atoms with van der Waals surface area (Å²) in [4.78, 5) is 15.5. The molecule has 0 spiro atoms. The van der Waals surface area contributed by atoms with Gasteiger partial charge in [0, 0.05) is 11.9 Å². The number of benzene rings is 1. The Morgan fingerprint density at radius 3 is 2.57 bits per heavy atom. The zero-order valence-electron chi connectivity index (χ0n) is 11.0. The Hall–Kier alpha value is -2.32. The Bertz CT molecular complexity index is 806. The first kappa shape index (κ1) is 15.1. The van der Waals surface area contributed by atoms with Crippen LogP contribution < -0.4 is 10.5 Å². The number of carbonyl (C=O) groups is 1. The Morgan fingerprint density at radius 2 is 2.00 bits per heavy atom. The number of aryl methyl sites for hydroxylation is 1. The molecule has 1 heterocycles. The number of hydrogen-bond acceptors (Lipinski definition) is 4. The zero-order chi connectivity index (χ0) is 15.6. The van der Waals surface area contributed by atoms with Gasteiger partial charge in [-0.15, -0.1) is 0 Å². The molecular formula is C13H12FN3O3S. The summed E-state index contributed by atoms with van der Waals surface area (Å²) in [6, 6.07) is 5.09. The average Bonchev–Trinajstić information content (AvgIpc) is 2.39. The van der Waals surface area contributed by atoms with Gasteiger partial charge in [-0.1, -0.05) is 0 Å². The van der Waals surface area contributed by atoms with E-state index in [0.29, 0.717) is 11.3 Å². The molecule has 0 bridgehead atoms. The summed E-state index contributed by atoms with van der Waals surface area (Å²) in [5.41, 5.74) is 0.973. The molecule has 2 aromatic rings. The van der Waals surface area contributed by atoms with Gasteiger partial charge in [0.15, 0.2) is 0 Å². The van der Waals surface area contributed by atoms with Crippen LogP contribution in [0.15, 0.2) is 41.6 Å². The molecule has 2 rings (SSSR count). The maximum Gasteiger partial charge on any atom is 0.257 e. The fourth-order valence-corrected chi connectivity index (χ4v) is 2.28. The normalized spacial score (nSPS) is 11.2. The van der Waals surface area contributed by atoms with Crippen molar-refractivity contribution in [3.63, 3.8) is 0 Å². The summed E-state index contributed by atoms with van der Waals surface area (Å²) >= 11 is 0. The number of anilines is 1. The second-order valence-corrected chi connectivity index (χ2v) is 5.93. The van der Waals surface area contributed by atoms with Gasteiger partial charge in [-0.25, -0.2) is 17.9 Å². The maximum absolute atomic E-state index is 13.0. The van der Waals surface area contributed by atoms with E-state index in [1.165, 1.54) is 24.4 Å². The molecule has 1 amide bonds. The highest BCUT2D eigenvalue weighted by atomic mass is 32.2. The maximum atomic E-state index is 13.0. The first-order valence-corrected chi connectivity index (χ1v) is 7.37. The lowest BCUT2D eigenvalue weighted by Crippen LogP contribution is -2.15. The van der Waals surface area contributed by atoms with Gasteiger partial charge in [0.05, 0.1) is 16.7 Å². The smallest absolute Gasteiger partial charge is 0.257 e. The molecule has 1 aromatic carbocycles. The van der Waals surface area contributed by atoms with E-state index in [-0.39, 0.29) is 10.5 Å². The number of sulfonamides is 1. The molecule has 0 saturated heterocycles. The molecule has 1 aromatic heterocycles. The molecule has 0 saturated carbocycles. The van der Waals surface area contributed by atoms with Crippen LogP contribution in [0.4, 0.5) is 10.1 Å². The number of hydrogen-bond donors (Lipinski definition) is 2. The van der Waals surface area contributed by atoms with Crippen LogP contribution in [0.5, 0.6) is 0 Å². The quantitative estimate of drug-likeness (QED) is 0.895. The third-order valence-corrected chi connectivity index (χ3v) is 3.65. The molecule has 6 nitrogen and oxygen atoms in total. The van der Waals surface area contributed by atoms with E-state index in [9.17, 15) is 17.6 Å². The number of aromatic nitrogens is 1. The summed E-state index contributed by atoms with van der Waals surface area (Å²) in [5.74, 6) is -1.17. The van der Waals surface area contributed by atoms with Crippen molar-refractivity contribution in [3.05, 3.63) is 53.6 Å². The summed E-state index contributed by atoms with van der Waals surface area (Å²) in [6.45, 7) is 1.62. The average molecular weight is 309 g/mol. The highest BCUT2D eigenvalue weighted by Gasteiger charge is 2.12. The van der Waals surface area contributed by atoms with Crippen LogP contribution in [-0.4, -0.2) is 19.3 Å². The number of nitrogens with zero attached hydrogens (tertiary/aromatic N) is 1. The van der Waals surface area contributed by atoms with Gasteiger partial charge in [-0.2, -0.15) is 0 Å². The fraction of sp³-hybridized carbons (Fsp3) is 0.0769. The van der Waals surface area contributed by atoms with Gasteiger partial charge in [0.2, 0.25) is 10.0 Å². The zero-order valence-corrected chi connectivity index (χ0v) is 11.8. The molecule has 0 atom stereocenters. The fourth-order valence-electron chi connectivity index (χ4n) is 1.68. The Balaban J connectivity index is 2.26. The first-order valence-electron chi connectivity index (χ1n) is 5.83. The molecule has 3 N–H and O–H groups in total. The monoisotopic (exact) mass is 309 g/mol. The highest BCUT2D eigenvalue weighted by molar-refractivity contribution is 7.89. The summed E-state index contributed by atoms with van der Waals surface area (Å²) in [6.07, 6.45) is 2.22. The topological polar surface area (TPSA) is 102 Å². The Labute approximate surface area is 120 Å². The van der Waals surface area contributed by atoms with Crippen LogP contribution in [0.25, 0.3) is 0 Å². The van der Waals surface area contributed by atoms with Crippen LogP contribution in [0.1, 0.15) is 15.9 Å². The number of nitrogens with two attached hydrogens (primary N) is 1.